The number of rotatable bonds is 5. The molecule has 0 bridgehead atoms. The highest BCUT2D eigenvalue weighted by Crippen LogP contribution is 2.17. The van der Waals surface area contributed by atoms with Gasteiger partial charge in [0.15, 0.2) is 0 Å². The summed E-state index contributed by atoms with van der Waals surface area (Å²) in [5.41, 5.74) is 1.35. The fourth-order valence-corrected chi connectivity index (χ4v) is 3.03. The Kier molecular flexibility index (Phi) is 5.63. The lowest BCUT2D eigenvalue weighted by Gasteiger charge is -2.18. The number of likely N-dealkylation sites (N-methyl/N-ethyl adjacent to an activating group) is 1. The van der Waals surface area contributed by atoms with E-state index in [1.807, 2.05) is 37.3 Å². The molecule has 0 aliphatic rings. The van der Waals surface area contributed by atoms with Crippen molar-refractivity contribution in [2.75, 3.05) is 6.54 Å². The van der Waals surface area contributed by atoms with Crippen LogP contribution in [0.3, 0.4) is 0 Å². The highest BCUT2D eigenvalue weighted by atomic mass is 79.9. The first-order valence-electron chi connectivity index (χ1n) is 8.28. The molecule has 2 aromatic carbocycles. The first-order valence-corrected chi connectivity index (χ1v) is 9.07. The predicted octanol–water partition coefficient (Wildman–Crippen LogP) is 3.75. The van der Waals surface area contributed by atoms with Crippen molar-refractivity contribution in [3.8, 4) is 0 Å². The Balaban J connectivity index is 1.80. The topological polar surface area (TPSA) is 66.1 Å². The molecule has 1 aromatic heterocycles. The van der Waals surface area contributed by atoms with Crippen LogP contribution in [0, 0.1) is 0 Å². The summed E-state index contributed by atoms with van der Waals surface area (Å²) in [5.74, 6) is 0.331. The molecule has 0 radical (unpaired) electrons. The van der Waals surface area contributed by atoms with E-state index in [1.54, 1.807) is 29.2 Å². The molecule has 3 rings (SSSR count). The van der Waals surface area contributed by atoms with Crippen molar-refractivity contribution in [2.45, 2.75) is 13.5 Å². The van der Waals surface area contributed by atoms with Gasteiger partial charge in [-0.05, 0) is 36.8 Å². The number of amides is 1. The van der Waals surface area contributed by atoms with Gasteiger partial charge in [-0.1, -0.05) is 46.3 Å². The van der Waals surface area contributed by atoms with E-state index >= 15 is 0 Å². The van der Waals surface area contributed by atoms with Crippen molar-refractivity contribution in [1.29, 1.82) is 0 Å². The zero-order chi connectivity index (χ0) is 18.5. The molecule has 0 fully saturated rings. The Morgan fingerprint density at radius 1 is 1.19 bits per heavy atom. The van der Waals surface area contributed by atoms with Crippen molar-refractivity contribution in [2.24, 2.45) is 0 Å². The summed E-state index contributed by atoms with van der Waals surface area (Å²) in [6.45, 7) is 2.65. The summed E-state index contributed by atoms with van der Waals surface area (Å²) in [6, 6.07) is 14.8. The van der Waals surface area contributed by atoms with Crippen LogP contribution in [-0.2, 0) is 11.3 Å². The number of fused-ring (bicyclic) bond motifs is 1. The van der Waals surface area contributed by atoms with Gasteiger partial charge in [-0.25, -0.2) is 4.98 Å². The van der Waals surface area contributed by atoms with Crippen molar-refractivity contribution < 1.29 is 4.79 Å². The number of nitrogens with zero attached hydrogens (tertiary/aromatic N) is 2. The number of H-pyrrole nitrogens is 1. The molecule has 0 aliphatic carbocycles. The first-order chi connectivity index (χ1) is 12.6. The molecule has 0 spiro atoms. The summed E-state index contributed by atoms with van der Waals surface area (Å²) >= 11 is 3.46. The SMILES string of the molecule is CCN(Cc1nc2ccccc2c(=O)[nH]1)C(=O)/C=C/c1ccccc1Br. The molecule has 0 aliphatic heterocycles. The van der Waals surface area contributed by atoms with Gasteiger partial charge in [0.2, 0.25) is 5.91 Å². The zero-order valence-corrected chi connectivity index (χ0v) is 15.9. The summed E-state index contributed by atoms with van der Waals surface area (Å²) < 4.78 is 0.924. The third-order valence-electron chi connectivity index (χ3n) is 4.01. The lowest BCUT2D eigenvalue weighted by molar-refractivity contribution is -0.126. The van der Waals surface area contributed by atoms with Gasteiger partial charge in [0.25, 0.3) is 5.56 Å². The Morgan fingerprint density at radius 3 is 2.69 bits per heavy atom. The van der Waals surface area contributed by atoms with Gasteiger partial charge in [0.05, 0.1) is 17.4 Å². The lowest BCUT2D eigenvalue weighted by atomic mass is 10.2. The fourth-order valence-electron chi connectivity index (χ4n) is 2.61. The number of para-hydroxylation sites is 1. The number of carbonyl (C=O) groups excluding carboxylic acids is 1. The largest absolute Gasteiger partial charge is 0.332 e. The normalized spacial score (nSPS) is 11.2. The third-order valence-corrected chi connectivity index (χ3v) is 4.73. The molecule has 1 N–H and O–H groups in total. The molecule has 132 valence electrons. The quantitative estimate of drug-likeness (QED) is 0.650. The summed E-state index contributed by atoms with van der Waals surface area (Å²) in [4.78, 5) is 33.5. The number of nitrogens with one attached hydrogen (secondary N) is 1. The number of hydrogen-bond acceptors (Lipinski definition) is 3. The number of carbonyl (C=O) groups is 1. The minimum Gasteiger partial charge on any atom is -0.332 e. The number of aromatic nitrogens is 2. The second-order valence-electron chi connectivity index (χ2n) is 5.74. The molecular formula is C20H18BrN3O2. The highest BCUT2D eigenvalue weighted by molar-refractivity contribution is 9.10. The maximum absolute atomic E-state index is 12.5. The van der Waals surface area contributed by atoms with Crippen molar-refractivity contribution in [1.82, 2.24) is 14.9 Å². The molecule has 1 amide bonds. The average molecular weight is 412 g/mol. The predicted molar refractivity (Wildman–Crippen MR) is 107 cm³/mol. The van der Waals surface area contributed by atoms with E-state index in [-0.39, 0.29) is 18.0 Å². The summed E-state index contributed by atoms with van der Waals surface area (Å²) in [5, 5.41) is 0.541. The molecule has 0 unspecified atom stereocenters. The molecule has 5 nitrogen and oxygen atoms in total. The third kappa shape index (κ3) is 4.08. The van der Waals surface area contributed by atoms with Crippen molar-refractivity contribution >= 4 is 38.8 Å². The van der Waals surface area contributed by atoms with E-state index in [2.05, 4.69) is 25.9 Å². The summed E-state index contributed by atoms with van der Waals surface area (Å²) in [6.07, 6.45) is 3.30. The van der Waals surface area contributed by atoms with E-state index in [9.17, 15) is 9.59 Å². The molecule has 3 aromatic rings. The second kappa shape index (κ2) is 8.10. The number of halogens is 1. The van der Waals surface area contributed by atoms with Crippen LogP contribution in [0.1, 0.15) is 18.3 Å². The monoisotopic (exact) mass is 411 g/mol. The molecule has 0 saturated heterocycles. The number of benzene rings is 2. The Labute approximate surface area is 159 Å². The van der Waals surface area contributed by atoms with Crippen LogP contribution >= 0.6 is 15.9 Å². The standard InChI is InChI=1S/C20H18BrN3O2/c1-2-24(19(25)12-11-14-7-3-5-9-16(14)21)13-18-22-17-10-6-4-8-15(17)20(26)23-18/h3-12H,2,13H2,1H3,(H,22,23,26)/b12-11+. The first kappa shape index (κ1) is 18.1. The second-order valence-corrected chi connectivity index (χ2v) is 6.59. The lowest BCUT2D eigenvalue weighted by Crippen LogP contribution is -2.30. The van der Waals surface area contributed by atoms with Crippen LogP contribution < -0.4 is 5.56 Å². The van der Waals surface area contributed by atoms with E-state index < -0.39 is 0 Å². The molecule has 26 heavy (non-hydrogen) atoms. The van der Waals surface area contributed by atoms with E-state index in [4.69, 9.17) is 0 Å². The minimum absolute atomic E-state index is 0.140. The number of hydrogen-bond donors (Lipinski definition) is 1. The molecule has 0 atom stereocenters. The van der Waals surface area contributed by atoms with Crippen LogP contribution in [0.4, 0.5) is 0 Å². The van der Waals surface area contributed by atoms with E-state index in [1.165, 1.54) is 6.08 Å². The van der Waals surface area contributed by atoms with Crippen molar-refractivity contribution in [3.63, 3.8) is 0 Å². The van der Waals surface area contributed by atoms with Gasteiger partial charge in [0.1, 0.15) is 5.82 Å². The maximum atomic E-state index is 12.5. The zero-order valence-electron chi connectivity index (χ0n) is 14.3. The highest BCUT2D eigenvalue weighted by Gasteiger charge is 2.12. The van der Waals surface area contributed by atoms with Crippen LogP contribution in [0.5, 0.6) is 0 Å². The van der Waals surface area contributed by atoms with Gasteiger partial charge in [0, 0.05) is 17.1 Å². The summed E-state index contributed by atoms with van der Waals surface area (Å²) in [7, 11) is 0. The molecule has 1 heterocycles. The van der Waals surface area contributed by atoms with Crippen LogP contribution in [0.25, 0.3) is 17.0 Å². The van der Waals surface area contributed by atoms with Gasteiger partial charge in [-0.2, -0.15) is 0 Å². The molecular weight excluding hydrogens is 394 g/mol. The number of aromatic amines is 1. The minimum atomic E-state index is -0.196. The van der Waals surface area contributed by atoms with Gasteiger partial charge in [-0.15, -0.1) is 0 Å². The van der Waals surface area contributed by atoms with Gasteiger partial charge < -0.3 is 9.88 Å². The Morgan fingerprint density at radius 2 is 1.92 bits per heavy atom. The maximum Gasteiger partial charge on any atom is 0.258 e. The fraction of sp³-hybridized carbons (Fsp3) is 0.150. The molecule has 0 saturated carbocycles. The Hall–Kier alpha value is -2.73. The van der Waals surface area contributed by atoms with Gasteiger partial charge >= 0.3 is 0 Å². The average Bonchev–Trinajstić information content (AvgIpc) is 2.65. The Bertz CT molecular complexity index is 1030. The van der Waals surface area contributed by atoms with E-state index in [0.717, 1.165) is 10.0 Å². The van der Waals surface area contributed by atoms with Crippen LogP contribution in [0.15, 0.2) is 63.9 Å². The molecule has 6 heteroatoms. The van der Waals surface area contributed by atoms with E-state index in [0.29, 0.717) is 23.3 Å². The van der Waals surface area contributed by atoms with Crippen molar-refractivity contribution in [3.05, 3.63) is 80.8 Å². The van der Waals surface area contributed by atoms with Crippen LogP contribution in [-0.4, -0.2) is 27.3 Å². The van der Waals surface area contributed by atoms with Gasteiger partial charge in [-0.3, -0.25) is 9.59 Å². The van der Waals surface area contributed by atoms with Crippen LogP contribution in [0.2, 0.25) is 0 Å². The smallest absolute Gasteiger partial charge is 0.258 e.